The van der Waals surface area contributed by atoms with E-state index < -0.39 is 5.54 Å². The number of aromatic amines is 2. The molecule has 0 radical (unpaired) electrons. The molecule has 0 saturated carbocycles. The van der Waals surface area contributed by atoms with E-state index in [1.165, 1.54) is 26.9 Å². The summed E-state index contributed by atoms with van der Waals surface area (Å²) in [4.78, 5) is 20.3. The summed E-state index contributed by atoms with van der Waals surface area (Å²) in [5.41, 5.74) is 16.4. The van der Waals surface area contributed by atoms with Crippen LogP contribution in [0.15, 0.2) is 96.1 Å². The minimum atomic E-state index is -0.500. The molecule has 0 spiro atoms. The van der Waals surface area contributed by atoms with Gasteiger partial charge in [0.25, 0.3) is 0 Å². The Labute approximate surface area is 251 Å². The molecular weight excluding hydrogens is 534 g/mol. The van der Waals surface area contributed by atoms with Crippen molar-refractivity contribution in [2.75, 3.05) is 0 Å². The Morgan fingerprint density at radius 1 is 0.884 bits per heavy atom. The number of benzene rings is 3. The zero-order chi connectivity index (χ0) is 29.8. The standard InChI is InChI=1S/C35H37N7O/c1-24-17-25(2)19-28(18-24)33-31(30-20-29(13-14-32(30)38-33)42-34(43)39-40-41-42)22-35(36,21-26-9-4-3-5-10-26)15-7-6-11-27-12-8-16-37-23-27/h3-5,8-10,12-14,16-20,23,38H,6-7,11,15,21-22,36H2,1-2H3,(H,39,41,43). The molecule has 8 nitrogen and oxygen atoms in total. The van der Waals surface area contributed by atoms with E-state index in [1.807, 2.05) is 42.7 Å². The Balaban J connectivity index is 1.41. The number of hydrogen-bond acceptors (Lipinski definition) is 5. The molecule has 6 aromatic rings. The third kappa shape index (κ3) is 6.49. The second kappa shape index (κ2) is 12.2. The maximum Gasteiger partial charge on any atom is 0.365 e. The third-order valence-corrected chi connectivity index (χ3v) is 8.16. The minimum absolute atomic E-state index is 0.378. The highest BCUT2D eigenvalue weighted by Gasteiger charge is 2.29. The van der Waals surface area contributed by atoms with Gasteiger partial charge in [0.05, 0.1) is 5.69 Å². The monoisotopic (exact) mass is 571 g/mol. The number of aromatic nitrogens is 6. The molecule has 0 aliphatic heterocycles. The van der Waals surface area contributed by atoms with Gasteiger partial charge in [-0.05, 0) is 115 Å². The molecular formula is C35H37N7O. The lowest BCUT2D eigenvalue weighted by Gasteiger charge is -2.31. The smallest absolute Gasteiger partial charge is 0.354 e. The van der Waals surface area contributed by atoms with E-state index in [0.717, 1.165) is 59.8 Å². The van der Waals surface area contributed by atoms with Crippen LogP contribution in [0.25, 0.3) is 27.8 Å². The number of nitrogens with one attached hydrogen (secondary N) is 2. The molecule has 3 aromatic carbocycles. The van der Waals surface area contributed by atoms with Crippen LogP contribution in [0.4, 0.5) is 0 Å². The Morgan fingerprint density at radius 2 is 1.67 bits per heavy atom. The Bertz CT molecular complexity index is 1870. The van der Waals surface area contributed by atoms with E-state index in [1.54, 1.807) is 0 Å². The normalized spacial score (nSPS) is 12.9. The molecule has 4 N–H and O–H groups in total. The number of aryl methyl sites for hydroxylation is 3. The second-order valence-corrected chi connectivity index (χ2v) is 11.8. The zero-order valence-corrected chi connectivity index (χ0v) is 24.7. The molecule has 3 aromatic heterocycles. The fourth-order valence-electron chi connectivity index (χ4n) is 6.23. The minimum Gasteiger partial charge on any atom is -0.354 e. The number of pyridine rings is 1. The highest BCUT2D eigenvalue weighted by molar-refractivity contribution is 5.92. The van der Waals surface area contributed by atoms with Gasteiger partial charge in [0.1, 0.15) is 0 Å². The van der Waals surface area contributed by atoms with Gasteiger partial charge in [-0.15, -0.1) is 0 Å². The first kappa shape index (κ1) is 28.3. The van der Waals surface area contributed by atoms with Crippen molar-refractivity contribution in [3.8, 4) is 16.9 Å². The van der Waals surface area contributed by atoms with Crippen LogP contribution in [-0.4, -0.2) is 35.7 Å². The molecule has 0 aliphatic rings. The molecule has 6 rings (SSSR count). The van der Waals surface area contributed by atoms with Crippen molar-refractivity contribution in [2.45, 2.75) is 57.9 Å². The highest BCUT2D eigenvalue weighted by Crippen LogP contribution is 2.36. The predicted molar refractivity (Wildman–Crippen MR) is 171 cm³/mol. The number of rotatable bonds is 11. The van der Waals surface area contributed by atoms with Crippen LogP contribution in [-0.2, 0) is 19.3 Å². The molecule has 43 heavy (non-hydrogen) atoms. The lowest BCUT2D eigenvalue weighted by molar-refractivity contribution is 0.372. The van der Waals surface area contributed by atoms with Gasteiger partial charge < -0.3 is 10.7 Å². The number of nitrogens with two attached hydrogens (primary N) is 1. The highest BCUT2D eigenvalue weighted by atomic mass is 16.2. The summed E-state index contributed by atoms with van der Waals surface area (Å²) < 4.78 is 1.28. The maximum absolute atomic E-state index is 12.4. The van der Waals surface area contributed by atoms with E-state index in [9.17, 15) is 4.79 Å². The number of hydrogen-bond donors (Lipinski definition) is 3. The van der Waals surface area contributed by atoms with Crippen LogP contribution in [0.5, 0.6) is 0 Å². The van der Waals surface area contributed by atoms with Crippen molar-refractivity contribution in [1.29, 1.82) is 0 Å². The van der Waals surface area contributed by atoms with Gasteiger partial charge in [-0.2, -0.15) is 4.68 Å². The van der Waals surface area contributed by atoms with Gasteiger partial charge in [-0.1, -0.05) is 60.0 Å². The van der Waals surface area contributed by atoms with E-state index in [0.29, 0.717) is 12.1 Å². The summed E-state index contributed by atoms with van der Waals surface area (Å²) in [5, 5.41) is 11.1. The topological polar surface area (TPSA) is 118 Å². The Hall–Kier alpha value is -4.82. The molecule has 3 heterocycles. The van der Waals surface area contributed by atoms with Gasteiger partial charge >= 0.3 is 5.69 Å². The SMILES string of the molecule is Cc1cc(C)cc(-c2[nH]c3ccc(-n4nn[nH]c4=O)cc3c2CC(N)(CCCCc2cccnc2)Cc2ccccc2)c1. The molecule has 8 heteroatoms. The number of tetrazole rings is 1. The maximum atomic E-state index is 12.4. The summed E-state index contributed by atoms with van der Waals surface area (Å²) in [5.74, 6) is 0. The molecule has 0 aliphatic carbocycles. The number of unbranched alkanes of at least 4 members (excludes halogenated alkanes) is 1. The van der Waals surface area contributed by atoms with Crippen LogP contribution in [0.2, 0.25) is 0 Å². The Morgan fingerprint density at radius 3 is 2.40 bits per heavy atom. The lowest BCUT2D eigenvalue weighted by Crippen LogP contribution is -2.44. The number of H-pyrrole nitrogens is 2. The van der Waals surface area contributed by atoms with Crippen LogP contribution in [0.1, 0.15) is 47.1 Å². The summed E-state index contributed by atoms with van der Waals surface area (Å²) in [6, 6.07) is 27.2. The first-order valence-electron chi connectivity index (χ1n) is 14.8. The summed E-state index contributed by atoms with van der Waals surface area (Å²) in [6.07, 6.45) is 9.05. The summed E-state index contributed by atoms with van der Waals surface area (Å²) in [7, 11) is 0. The zero-order valence-electron chi connectivity index (χ0n) is 24.7. The fourth-order valence-corrected chi connectivity index (χ4v) is 6.23. The molecule has 0 bridgehead atoms. The summed E-state index contributed by atoms with van der Waals surface area (Å²) in [6.45, 7) is 4.25. The largest absolute Gasteiger partial charge is 0.365 e. The van der Waals surface area contributed by atoms with Crippen molar-refractivity contribution in [1.82, 2.24) is 30.2 Å². The number of nitrogens with zero attached hydrogens (tertiary/aromatic N) is 4. The Kier molecular flexibility index (Phi) is 8.03. The van der Waals surface area contributed by atoms with E-state index in [-0.39, 0.29) is 5.69 Å². The van der Waals surface area contributed by atoms with Crippen LogP contribution < -0.4 is 11.4 Å². The molecule has 0 fully saturated rings. The van der Waals surface area contributed by atoms with Crippen molar-refractivity contribution in [3.05, 3.63) is 130 Å². The molecule has 218 valence electrons. The van der Waals surface area contributed by atoms with Crippen LogP contribution >= 0.6 is 0 Å². The summed E-state index contributed by atoms with van der Waals surface area (Å²) >= 11 is 0. The molecule has 1 unspecified atom stereocenters. The number of fused-ring (bicyclic) bond motifs is 1. The van der Waals surface area contributed by atoms with E-state index >= 15 is 0 Å². The van der Waals surface area contributed by atoms with E-state index in [2.05, 4.69) is 87.9 Å². The average molecular weight is 572 g/mol. The quantitative estimate of drug-likeness (QED) is 0.165. The van der Waals surface area contributed by atoms with Gasteiger partial charge in [0, 0.05) is 34.5 Å². The fraction of sp³-hybridized carbons (Fsp3) is 0.257. The first-order valence-corrected chi connectivity index (χ1v) is 14.8. The molecule has 0 saturated heterocycles. The predicted octanol–water partition coefficient (Wildman–Crippen LogP) is 6.01. The molecule has 0 amide bonds. The lowest BCUT2D eigenvalue weighted by atomic mass is 9.80. The van der Waals surface area contributed by atoms with Crippen LogP contribution in [0, 0.1) is 13.8 Å². The third-order valence-electron chi connectivity index (χ3n) is 8.16. The van der Waals surface area contributed by atoms with Crippen molar-refractivity contribution < 1.29 is 0 Å². The van der Waals surface area contributed by atoms with Crippen LogP contribution in [0.3, 0.4) is 0 Å². The van der Waals surface area contributed by atoms with Crippen molar-refractivity contribution in [2.24, 2.45) is 5.73 Å². The first-order chi connectivity index (χ1) is 20.9. The van der Waals surface area contributed by atoms with Gasteiger partial charge in [-0.3, -0.25) is 4.98 Å². The molecule has 1 atom stereocenters. The second-order valence-electron chi connectivity index (χ2n) is 11.8. The van der Waals surface area contributed by atoms with E-state index in [4.69, 9.17) is 5.73 Å². The van der Waals surface area contributed by atoms with Gasteiger partial charge in [0.2, 0.25) is 0 Å². The van der Waals surface area contributed by atoms with Crippen molar-refractivity contribution >= 4 is 10.9 Å². The van der Waals surface area contributed by atoms with Gasteiger partial charge in [0.15, 0.2) is 0 Å². The average Bonchev–Trinajstić information content (AvgIpc) is 3.59. The van der Waals surface area contributed by atoms with Gasteiger partial charge in [-0.25, -0.2) is 9.89 Å². The van der Waals surface area contributed by atoms with Crippen molar-refractivity contribution in [3.63, 3.8) is 0 Å².